The molecule has 0 aromatic heterocycles. The van der Waals surface area contributed by atoms with Gasteiger partial charge >= 0.3 is 0 Å². The summed E-state index contributed by atoms with van der Waals surface area (Å²) in [4.78, 5) is 0. The summed E-state index contributed by atoms with van der Waals surface area (Å²) in [6.45, 7) is 3.71. The van der Waals surface area contributed by atoms with Crippen molar-refractivity contribution in [3.05, 3.63) is 24.8 Å². The van der Waals surface area contributed by atoms with Crippen molar-refractivity contribution in [3.63, 3.8) is 0 Å². The van der Waals surface area contributed by atoms with Gasteiger partial charge in [0.1, 0.15) is 0 Å². The van der Waals surface area contributed by atoms with Crippen molar-refractivity contribution in [2.45, 2.75) is 57.8 Å². The largest absolute Gasteiger partial charge is 0.198 e. The van der Waals surface area contributed by atoms with Gasteiger partial charge < -0.3 is 0 Å². The lowest BCUT2D eigenvalue weighted by Crippen LogP contribution is -1.78. The van der Waals surface area contributed by atoms with Crippen molar-refractivity contribution in [2.75, 3.05) is 0 Å². The molecule has 0 radical (unpaired) electrons. The van der Waals surface area contributed by atoms with E-state index in [9.17, 15) is 0 Å². The molecule has 0 unspecified atom stereocenters. The highest BCUT2D eigenvalue weighted by atomic mass is 14.2. The standard InChI is InChI=1S/C14H23N/c1-2-3-4-5-6-7-8-9-10-11-12-13-14-15/h2,10-11H,1,3-9,12-13H2/b11-10+. The van der Waals surface area contributed by atoms with Crippen LogP contribution in [0.2, 0.25) is 0 Å². The Bertz CT molecular complexity index is 198. The lowest BCUT2D eigenvalue weighted by molar-refractivity contribution is 0.622. The van der Waals surface area contributed by atoms with Crippen LogP contribution in [0.4, 0.5) is 0 Å². The van der Waals surface area contributed by atoms with E-state index in [1.807, 2.05) is 6.08 Å². The van der Waals surface area contributed by atoms with Crippen LogP contribution in [0.25, 0.3) is 0 Å². The second kappa shape index (κ2) is 13.0. The smallest absolute Gasteiger partial charge is 0.0624 e. The van der Waals surface area contributed by atoms with Gasteiger partial charge in [-0.25, -0.2) is 0 Å². The zero-order chi connectivity index (χ0) is 11.2. The van der Waals surface area contributed by atoms with Gasteiger partial charge in [-0.1, -0.05) is 37.5 Å². The molecule has 0 bridgehead atoms. The van der Waals surface area contributed by atoms with Gasteiger partial charge in [0.2, 0.25) is 0 Å². The third kappa shape index (κ3) is 13.0. The van der Waals surface area contributed by atoms with Crippen molar-refractivity contribution >= 4 is 0 Å². The number of hydrogen-bond acceptors (Lipinski definition) is 1. The predicted molar refractivity (Wildman–Crippen MR) is 66.5 cm³/mol. The summed E-state index contributed by atoms with van der Waals surface area (Å²) in [5.41, 5.74) is 0. The Hall–Kier alpha value is -1.03. The van der Waals surface area contributed by atoms with Crippen LogP contribution >= 0.6 is 0 Å². The fraction of sp³-hybridized carbons (Fsp3) is 0.643. The molecule has 0 aliphatic heterocycles. The molecule has 0 aromatic rings. The molecule has 84 valence electrons. The molecule has 0 N–H and O–H groups in total. The SMILES string of the molecule is C=CCCCCCCC/C=C/CCC#N. The van der Waals surface area contributed by atoms with Gasteiger partial charge in [0.05, 0.1) is 6.07 Å². The quantitative estimate of drug-likeness (QED) is 0.372. The van der Waals surface area contributed by atoms with Crippen molar-refractivity contribution in [2.24, 2.45) is 0 Å². The number of hydrogen-bond donors (Lipinski definition) is 0. The molecule has 0 saturated carbocycles. The van der Waals surface area contributed by atoms with E-state index in [2.05, 4.69) is 24.8 Å². The Morgan fingerprint density at radius 3 is 2.13 bits per heavy atom. The van der Waals surface area contributed by atoms with E-state index in [-0.39, 0.29) is 0 Å². The third-order valence-corrected chi connectivity index (χ3v) is 2.37. The van der Waals surface area contributed by atoms with Crippen LogP contribution in [0, 0.1) is 11.3 Å². The number of nitrogens with zero attached hydrogens (tertiary/aromatic N) is 1. The molecule has 0 rings (SSSR count). The first-order valence-corrected chi connectivity index (χ1v) is 6.04. The molecule has 0 fully saturated rings. The monoisotopic (exact) mass is 205 g/mol. The number of unbranched alkanes of at least 4 members (excludes halogenated alkanes) is 7. The lowest BCUT2D eigenvalue weighted by atomic mass is 10.1. The van der Waals surface area contributed by atoms with E-state index in [0.29, 0.717) is 6.42 Å². The molecule has 1 heteroatoms. The average molecular weight is 205 g/mol. The summed E-state index contributed by atoms with van der Waals surface area (Å²) in [6.07, 6.45) is 16.8. The highest BCUT2D eigenvalue weighted by molar-refractivity contribution is 4.85. The molecule has 0 spiro atoms. The maximum atomic E-state index is 8.32. The van der Waals surface area contributed by atoms with E-state index in [1.54, 1.807) is 0 Å². The molecule has 0 amide bonds. The number of nitriles is 1. The Kier molecular flexibility index (Phi) is 12.1. The zero-order valence-electron chi connectivity index (χ0n) is 9.75. The first-order chi connectivity index (χ1) is 7.41. The summed E-state index contributed by atoms with van der Waals surface area (Å²) in [6, 6.07) is 2.14. The normalized spacial score (nSPS) is 10.3. The second-order valence-corrected chi connectivity index (χ2v) is 3.80. The first kappa shape index (κ1) is 14.0. The zero-order valence-corrected chi connectivity index (χ0v) is 9.75. The van der Waals surface area contributed by atoms with E-state index >= 15 is 0 Å². The van der Waals surface area contributed by atoms with Gasteiger partial charge in [0.15, 0.2) is 0 Å². The van der Waals surface area contributed by atoms with E-state index < -0.39 is 0 Å². The minimum atomic E-state index is 0.651. The van der Waals surface area contributed by atoms with Crippen LogP contribution in [0.1, 0.15) is 57.8 Å². The summed E-state index contributed by atoms with van der Waals surface area (Å²) in [5.74, 6) is 0. The molecular weight excluding hydrogens is 182 g/mol. The van der Waals surface area contributed by atoms with Crippen LogP contribution in [0.3, 0.4) is 0 Å². The topological polar surface area (TPSA) is 23.8 Å². The molecule has 0 aliphatic carbocycles. The summed E-state index contributed by atoms with van der Waals surface area (Å²) in [7, 11) is 0. The highest BCUT2D eigenvalue weighted by Gasteiger charge is 1.88. The molecular formula is C14H23N. The van der Waals surface area contributed by atoms with Crippen molar-refractivity contribution in [1.82, 2.24) is 0 Å². The highest BCUT2D eigenvalue weighted by Crippen LogP contribution is 2.07. The van der Waals surface area contributed by atoms with E-state index in [0.717, 1.165) is 12.8 Å². The second-order valence-electron chi connectivity index (χ2n) is 3.80. The van der Waals surface area contributed by atoms with Gasteiger partial charge in [0, 0.05) is 6.42 Å². The van der Waals surface area contributed by atoms with Crippen LogP contribution in [-0.2, 0) is 0 Å². The summed E-state index contributed by atoms with van der Waals surface area (Å²) in [5, 5.41) is 8.32. The molecule has 0 aromatic carbocycles. The van der Waals surface area contributed by atoms with Crippen LogP contribution in [0.5, 0.6) is 0 Å². The minimum absolute atomic E-state index is 0.651. The molecule has 0 saturated heterocycles. The fourth-order valence-corrected chi connectivity index (χ4v) is 1.46. The van der Waals surface area contributed by atoms with Gasteiger partial charge in [-0.3, -0.25) is 0 Å². The Morgan fingerprint density at radius 1 is 0.867 bits per heavy atom. The molecule has 1 nitrogen and oxygen atoms in total. The van der Waals surface area contributed by atoms with Gasteiger partial charge in [0.25, 0.3) is 0 Å². The Balaban J connectivity index is 3.01. The van der Waals surface area contributed by atoms with E-state index in [1.165, 1.54) is 38.5 Å². The predicted octanol–water partition coefficient (Wildman–Crippen LogP) is 4.76. The fourth-order valence-electron chi connectivity index (χ4n) is 1.46. The number of allylic oxidation sites excluding steroid dienone is 3. The van der Waals surface area contributed by atoms with Gasteiger partial charge in [-0.2, -0.15) is 5.26 Å². The molecule has 0 aliphatic rings. The van der Waals surface area contributed by atoms with Crippen LogP contribution in [-0.4, -0.2) is 0 Å². The van der Waals surface area contributed by atoms with Crippen LogP contribution < -0.4 is 0 Å². The Morgan fingerprint density at radius 2 is 1.47 bits per heavy atom. The lowest BCUT2D eigenvalue weighted by Gasteiger charge is -1.97. The van der Waals surface area contributed by atoms with E-state index in [4.69, 9.17) is 5.26 Å². The maximum Gasteiger partial charge on any atom is 0.0624 e. The maximum absolute atomic E-state index is 8.32. The van der Waals surface area contributed by atoms with Gasteiger partial charge in [-0.05, 0) is 32.1 Å². The van der Waals surface area contributed by atoms with Crippen molar-refractivity contribution in [1.29, 1.82) is 5.26 Å². The molecule has 15 heavy (non-hydrogen) atoms. The summed E-state index contributed by atoms with van der Waals surface area (Å²) < 4.78 is 0. The minimum Gasteiger partial charge on any atom is -0.198 e. The third-order valence-electron chi connectivity index (χ3n) is 2.37. The van der Waals surface area contributed by atoms with Crippen LogP contribution in [0.15, 0.2) is 24.8 Å². The summed E-state index contributed by atoms with van der Waals surface area (Å²) >= 11 is 0. The number of rotatable bonds is 10. The average Bonchev–Trinajstić information content (AvgIpc) is 2.26. The van der Waals surface area contributed by atoms with Crippen molar-refractivity contribution in [3.8, 4) is 6.07 Å². The van der Waals surface area contributed by atoms with Crippen molar-refractivity contribution < 1.29 is 0 Å². The molecule has 0 atom stereocenters. The Labute approximate surface area is 94.5 Å². The molecule has 0 heterocycles. The van der Waals surface area contributed by atoms with Gasteiger partial charge in [-0.15, -0.1) is 6.58 Å². The first-order valence-electron chi connectivity index (χ1n) is 6.04.